The van der Waals surface area contributed by atoms with Crippen molar-refractivity contribution in [2.45, 2.75) is 13.8 Å². The summed E-state index contributed by atoms with van der Waals surface area (Å²) in [4.78, 5) is 19.7. The number of amides is 1. The topological polar surface area (TPSA) is 58.9 Å². The minimum atomic E-state index is -0.448. The molecule has 1 aromatic heterocycles. The van der Waals surface area contributed by atoms with Crippen molar-refractivity contribution >= 4 is 23.3 Å². The van der Waals surface area contributed by atoms with Crippen LogP contribution in [-0.2, 0) is 4.74 Å². The second kappa shape index (κ2) is 9.40. The van der Waals surface area contributed by atoms with Crippen molar-refractivity contribution in [1.29, 1.82) is 0 Å². The minimum Gasteiger partial charge on any atom is -1.00 e. The number of hydrogen-bond donors (Lipinski definition) is 2. The molecule has 1 aliphatic rings. The molecule has 1 saturated heterocycles. The van der Waals surface area contributed by atoms with E-state index in [4.69, 9.17) is 4.74 Å². The van der Waals surface area contributed by atoms with Gasteiger partial charge in [0.15, 0.2) is 0 Å². The number of aryl methyl sites for hydroxylation is 1. The molecule has 6 nitrogen and oxygen atoms in total. The van der Waals surface area contributed by atoms with Crippen molar-refractivity contribution in [3.05, 3.63) is 48.2 Å². The van der Waals surface area contributed by atoms with E-state index in [9.17, 15) is 4.79 Å². The third kappa shape index (κ3) is 4.86. The molecule has 140 valence electrons. The molecule has 0 saturated carbocycles. The number of halogens is 1. The average molecular weight is 377 g/mol. The highest BCUT2D eigenvalue weighted by Crippen LogP contribution is 2.19. The minimum absolute atomic E-state index is 0. The molecule has 1 fully saturated rings. The summed E-state index contributed by atoms with van der Waals surface area (Å²) in [6.07, 6.45) is 1.24. The van der Waals surface area contributed by atoms with E-state index < -0.39 is 6.09 Å². The van der Waals surface area contributed by atoms with E-state index in [0.717, 1.165) is 32.0 Å². The number of aromatic nitrogens is 1. The average Bonchev–Trinajstić information content (AvgIpc) is 2.63. The van der Waals surface area contributed by atoms with Gasteiger partial charge in [-0.2, -0.15) is 0 Å². The molecule has 1 amide bonds. The molecule has 26 heavy (non-hydrogen) atoms. The van der Waals surface area contributed by atoms with Gasteiger partial charge in [-0.1, -0.05) is 18.2 Å². The number of carbonyl (C=O) groups excluding carboxylic acids is 1. The Labute approximate surface area is 160 Å². The van der Waals surface area contributed by atoms with Crippen molar-refractivity contribution in [2.75, 3.05) is 43.0 Å². The summed E-state index contributed by atoms with van der Waals surface area (Å²) in [5, 5.41) is 2.67. The van der Waals surface area contributed by atoms with E-state index in [0.29, 0.717) is 12.3 Å². The summed E-state index contributed by atoms with van der Waals surface area (Å²) < 4.78 is 4.87. The van der Waals surface area contributed by atoms with Crippen molar-refractivity contribution in [2.24, 2.45) is 0 Å². The molecule has 1 aliphatic heterocycles. The number of anilines is 2. The predicted octanol–water partition coefficient (Wildman–Crippen LogP) is -1.00. The maximum absolute atomic E-state index is 11.4. The van der Waals surface area contributed by atoms with Crippen LogP contribution in [0.3, 0.4) is 0 Å². The van der Waals surface area contributed by atoms with E-state index >= 15 is 0 Å². The third-order valence-corrected chi connectivity index (χ3v) is 4.47. The lowest BCUT2D eigenvalue weighted by molar-refractivity contribution is -0.836. The predicted molar refractivity (Wildman–Crippen MR) is 98.6 cm³/mol. The Kier molecular flexibility index (Phi) is 7.24. The van der Waals surface area contributed by atoms with E-state index in [-0.39, 0.29) is 12.4 Å². The molecule has 3 rings (SSSR count). The zero-order chi connectivity index (χ0) is 17.6. The summed E-state index contributed by atoms with van der Waals surface area (Å²) in [6, 6.07) is 12.4. The summed E-state index contributed by atoms with van der Waals surface area (Å²) in [5.41, 5.74) is 3.29. The van der Waals surface area contributed by atoms with Crippen LogP contribution in [-0.4, -0.2) is 43.9 Å². The number of quaternary nitrogens is 1. The van der Waals surface area contributed by atoms with Crippen LogP contribution in [0.4, 0.5) is 22.0 Å². The Bertz CT molecular complexity index is 716. The molecule has 0 bridgehead atoms. The van der Waals surface area contributed by atoms with Crippen molar-refractivity contribution in [3.8, 4) is 0 Å². The van der Waals surface area contributed by atoms with Gasteiger partial charge in [0.25, 0.3) is 0 Å². The van der Waals surface area contributed by atoms with Gasteiger partial charge >= 0.3 is 6.09 Å². The lowest BCUT2D eigenvalue weighted by Crippen LogP contribution is -3.10. The standard InChI is InChI=1S/C19H24N4O2.ClH/c1-3-25-19(24)21-16-8-9-18(20-14-16)23-12-10-22(11-13-23)17-7-5-4-6-15(17)2;/h4-9,14H,3,10-13H2,1-2H3,(H,21,24);1H. The van der Waals surface area contributed by atoms with Gasteiger partial charge in [0.2, 0.25) is 5.82 Å². The Morgan fingerprint density at radius 3 is 2.58 bits per heavy atom. The van der Waals surface area contributed by atoms with Gasteiger partial charge in [-0.05, 0) is 31.5 Å². The van der Waals surface area contributed by atoms with Crippen LogP contribution in [0.5, 0.6) is 0 Å². The largest absolute Gasteiger partial charge is 1.00 e. The molecule has 2 heterocycles. The Hall–Kier alpha value is -2.31. The zero-order valence-corrected chi connectivity index (χ0v) is 15.9. The van der Waals surface area contributed by atoms with E-state index in [1.165, 1.54) is 16.2 Å². The number of pyridine rings is 1. The molecule has 7 heteroatoms. The first-order valence-corrected chi connectivity index (χ1v) is 8.73. The number of carbonyl (C=O) groups is 1. The van der Waals surface area contributed by atoms with Crippen LogP contribution in [0.15, 0.2) is 42.6 Å². The molecule has 0 radical (unpaired) electrons. The highest BCUT2D eigenvalue weighted by Gasteiger charge is 2.23. The Morgan fingerprint density at radius 1 is 1.23 bits per heavy atom. The smallest absolute Gasteiger partial charge is 0.411 e. The summed E-state index contributed by atoms with van der Waals surface area (Å²) in [7, 11) is 0. The van der Waals surface area contributed by atoms with Gasteiger partial charge in [-0.25, -0.2) is 9.78 Å². The number of nitrogens with zero attached hydrogens (tertiary/aromatic N) is 2. The number of ether oxygens (including phenoxy) is 1. The van der Waals surface area contributed by atoms with Crippen molar-refractivity contribution in [1.82, 2.24) is 4.98 Å². The first kappa shape index (κ1) is 20.0. The first-order chi connectivity index (χ1) is 12.2. The van der Waals surface area contributed by atoms with Crippen LogP contribution in [0.1, 0.15) is 12.5 Å². The van der Waals surface area contributed by atoms with Crippen molar-refractivity contribution in [3.63, 3.8) is 0 Å². The van der Waals surface area contributed by atoms with Crippen LogP contribution in [0.2, 0.25) is 0 Å². The van der Waals surface area contributed by atoms with Crippen LogP contribution < -0.4 is 27.5 Å². The molecule has 0 unspecified atom stereocenters. The van der Waals surface area contributed by atoms with Gasteiger partial charge in [-0.3, -0.25) is 10.2 Å². The lowest BCUT2D eigenvalue weighted by Gasteiger charge is -2.33. The Balaban J connectivity index is 0.00000243. The number of benzene rings is 1. The monoisotopic (exact) mass is 376 g/mol. The maximum atomic E-state index is 11.4. The zero-order valence-electron chi connectivity index (χ0n) is 15.2. The number of rotatable bonds is 4. The fourth-order valence-electron chi connectivity index (χ4n) is 3.15. The van der Waals surface area contributed by atoms with Crippen LogP contribution >= 0.6 is 0 Å². The van der Waals surface area contributed by atoms with E-state index in [1.54, 1.807) is 13.1 Å². The highest BCUT2D eigenvalue weighted by molar-refractivity contribution is 5.84. The fraction of sp³-hybridized carbons (Fsp3) is 0.368. The molecule has 0 atom stereocenters. The van der Waals surface area contributed by atoms with Gasteiger partial charge in [0.1, 0.15) is 13.1 Å². The number of para-hydroxylation sites is 1. The second-order valence-corrected chi connectivity index (χ2v) is 6.15. The highest BCUT2D eigenvalue weighted by atomic mass is 35.5. The Morgan fingerprint density at radius 2 is 1.96 bits per heavy atom. The lowest BCUT2D eigenvalue weighted by atomic mass is 10.1. The molecule has 2 N–H and O–H groups in total. The van der Waals surface area contributed by atoms with Gasteiger partial charge in [-0.15, -0.1) is 0 Å². The second-order valence-electron chi connectivity index (χ2n) is 6.15. The molecule has 0 aliphatic carbocycles. The quantitative estimate of drug-likeness (QED) is 0.718. The molecule has 0 spiro atoms. The molecule has 2 aromatic rings. The van der Waals surface area contributed by atoms with Crippen molar-refractivity contribution < 1.29 is 26.8 Å². The summed E-state index contributed by atoms with van der Waals surface area (Å²) in [6.45, 7) is 8.31. The number of nitrogens with one attached hydrogen (secondary N) is 2. The third-order valence-electron chi connectivity index (χ3n) is 4.47. The number of piperazine rings is 1. The maximum Gasteiger partial charge on any atom is 0.411 e. The van der Waals surface area contributed by atoms with Gasteiger partial charge in [0.05, 0.1) is 31.6 Å². The van der Waals surface area contributed by atoms with Crippen LogP contribution in [0, 0.1) is 6.92 Å². The SMILES string of the molecule is CCOC(=O)Nc1ccc([NH+]2CCN(c3ccccc3C)CC2)nc1.[Cl-]. The van der Waals surface area contributed by atoms with E-state index in [2.05, 4.69) is 46.4 Å². The fourth-order valence-corrected chi connectivity index (χ4v) is 3.15. The molecule has 1 aromatic carbocycles. The molecular weight excluding hydrogens is 352 g/mol. The summed E-state index contributed by atoms with van der Waals surface area (Å²) >= 11 is 0. The van der Waals surface area contributed by atoms with Gasteiger partial charge < -0.3 is 22.0 Å². The number of hydrogen-bond acceptors (Lipinski definition) is 4. The normalized spacial score (nSPS) is 14.5. The summed E-state index contributed by atoms with van der Waals surface area (Å²) in [5.74, 6) is 1.01. The van der Waals surface area contributed by atoms with Gasteiger partial charge in [0, 0.05) is 11.8 Å². The first-order valence-electron chi connectivity index (χ1n) is 8.73. The van der Waals surface area contributed by atoms with Crippen LogP contribution in [0.25, 0.3) is 0 Å². The molecular formula is C19H25ClN4O2. The van der Waals surface area contributed by atoms with E-state index in [1.807, 2.05) is 12.1 Å².